The smallest absolute Gasteiger partial charge is 0.211 e. The second kappa shape index (κ2) is 9.14. The molecule has 33 heavy (non-hydrogen) atoms. The number of ketones is 2. The third kappa shape index (κ3) is 4.10. The molecule has 1 heterocycles. The van der Waals surface area contributed by atoms with Crippen LogP contribution in [0.15, 0.2) is 89.6 Å². The quantitative estimate of drug-likeness (QED) is 0.492. The lowest BCUT2D eigenvalue weighted by atomic mass is 9.91. The van der Waals surface area contributed by atoms with Crippen molar-refractivity contribution in [3.63, 3.8) is 0 Å². The molecule has 2 aliphatic rings. The number of nitrogens with zero attached hydrogens (tertiary/aromatic N) is 2. The zero-order valence-electron chi connectivity index (χ0n) is 17.9. The van der Waals surface area contributed by atoms with Gasteiger partial charge in [0.05, 0.1) is 6.04 Å². The Morgan fingerprint density at radius 3 is 1.82 bits per heavy atom. The molecule has 3 aromatic rings. The van der Waals surface area contributed by atoms with Gasteiger partial charge >= 0.3 is 0 Å². The van der Waals surface area contributed by atoms with Crippen molar-refractivity contribution in [1.82, 2.24) is 9.80 Å². The van der Waals surface area contributed by atoms with Crippen LogP contribution in [0.25, 0.3) is 0 Å². The minimum absolute atomic E-state index is 0.0180. The first-order valence-electron chi connectivity index (χ1n) is 10.9. The van der Waals surface area contributed by atoms with E-state index >= 15 is 0 Å². The molecule has 0 N–H and O–H groups in total. The number of benzene rings is 3. The molecule has 5 rings (SSSR count). The zero-order chi connectivity index (χ0) is 22.9. The fourth-order valence-electron chi connectivity index (χ4n) is 4.71. The van der Waals surface area contributed by atoms with E-state index in [1.54, 1.807) is 24.3 Å². The Balaban J connectivity index is 1.41. The van der Waals surface area contributed by atoms with E-state index in [0.717, 1.165) is 18.7 Å². The molecule has 1 aliphatic carbocycles. The number of Topliss-reactive ketones (excluding diaryl/α,β-unsaturated/α-hetero) is 2. The molecule has 0 bridgehead atoms. The van der Waals surface area contributed by atoms with Crippen molar-refractivity contribution in [3.8, 4) is 0 Å². The van der Waals surface area contributed by atoms with Crippen LogP contribution in [0.3, 0.4) is 0 Å². The lowest BCUT2D eigenvalue weighted by Gasteiger charge is -2.41. The summed E-state index contributed by atoms with van der Waals surface area (Å²) in [6.07, 6.45) is 0. The Hall–Kier alpha value is -2.92. The number of carbonyl (C=O) groups excluding carboxylic acids is 2. The molecule has 1 fully saturated rings. The third-order valence-corrected chi connectivity index (χ3v) is 6.94. The van der Waals surface area contributed by atoms with Gasteiger partial charge in [0, 0.05) is 42.3 Å². The van der Waals surface area contributed by atoms with Gasteiger partial charge < -0.3 is 4.90 Å². The van der Waals surface area contributed by atoms with Gasteiger partial charge in [-0.15, -0.1) is 0 Å². The number of piperazine rings is 1. The van der Waals surface area contributed by atoms with Crippen LogP contribution in [0.4, 0.5) is 0 Å². The van der Waals surface area contributed by atoms with E-state index in [9.17, 15) is 9.59 Å². The van der Waals surface area contributed by atoms with Gasteiger partial charge in [0.25, 0.3) is 0 Å². The van der Waals surface area contributed by atoms with Gasteiger partial charge in [0.2, 0.25) is 11.6 Å². The molecule has 0 radical (unpaired) electrons. The second-order valence-electron chi connectivity index (χ2n) is 8.25. The topological polar surface area (TPSA) is 40.6 Å². The maximum absolute atomic E-state index is 13.2. The molecule has 1 saturated heterocycles. The zero-order valence-corrected chi connectivity index (χ0v) is 19.4. The van der Waals surface area contributed by atoms with Crippen LogP contribution in [0.2, 0.25) is 5.02 Å². The van der Waals surface area contributed by atoms with E-state index in [2.05, 4.69) is 29.2 Å². The number of fused-ring (bicyclic) bond motifs is 1. The van der Waals surface area contributed by atoms with Crippen LogP contribution in [0.1, 0.15) is 37.9 Å². The summed E-state index contributed by atoms with van der Waals surface area (Å²) in [5, 5.41) is 0.724. The number of carbonyl (C=O) groups is 2. The average molecular weight is 477 g/mol. The fraction of sp³-hybridized carbons (Fsp3) is 0.185. The number of halogens is 2. The monoisotopic (exact) mass is 476 g/mol. The van der Waals surface area contributed by atoms with Gasteiger partial charge in [-0.2, -0.15) is 0 Å². The normalized spacial score (nSPS) is 17.8. The summed E-state index contributed by atoms with van der Waals surface area (Å²) in [6, 6.07) is 25.3. The minimum Gasteiger partial charge on any atom is -0.364 e. The number of hydrogen-bond donors (Lipinski definition) is 0. The largest absolute Gasteiger partial charge is 0.364 e. The molecule has 0 saturated carbocycles. The lowest BCUT2D eigenvalue weighted by molar-refractivity contribution is 0.0888. The van der Waals surface area contributed by atoms with Crippen LogP contribution in [0, 0.1) is 0 Å². The van der Waals surface area contributed by atoms with Crippen molar-refractivity contribution >= 4 is 34.8 Å². The summed E-state index contributed by atoms with van der Waals surface area (Å²) in [5.41, 5.74) is 3.48. The Kier molecular flexibility index (Phi) is 6.07. The summed E-state index contributed by atoms with van der Waals surface area (Å²) in [5.74, 6) is -0.464. The molecule has 6 heteroatoms. The van der Waals surface area contributed by atoms with Gasteiger partial charge in [0.1, 0.15) is 10.7 Å². The van der Waals surface area contributed by atoms with Gasteiger partial charge in [-0.3, -0.25) is 14.5 Å². The first-order valence-corrected chi connectivity index (χ1v) is 11.7. The van der Waals surface area contributed by atoms with Crippen molar-refractivity contribution in [3.05, 3.63) is 117 Å². The molecule has 1 unspecified atom stereocenters. The van der Waals surface area contributed by atoms with Crippen LogP contribution in [-0.2, 0) is 0 Å². The lowest BCUT2D eigenvalue weighted by Crippen LogP contribution is -2.49. The highest BCUT2D eigenvalue weighted by Crippen LogP contribution is 2.34. The molecule has 0 aromatic heterocycles. The Bertz CT molecular complexity index is 1230. The standard InChI is InChI=1S/C27H22Cl2N2O2/c28-20-12-10-19(11-13-20)24(18-6-2-1-3-7-18)30-14-16-31(17-15-30)25-23(29)26(32)21-8-4-5-9-22(21)27(25)33/h1-13,24H,14-17H2. The van der Waals surface area contributed by atoms with Crippen molar-refractivity contribution < 1.29 is 9.59 Å². The van der Waals surface area contributed by atoms with Gasteiger partial charge in [-0.1, -0.05) is 89.9 Å². The van der Waals surface area contributed by atoms with E-state index in [0.29, 0.717) is 34.9 Å². The highest BCUT2D eigenvalue weighted by Gasteiger charge is 2.36. The summed E-state index contributed by atoms with van der Waals surface area (Å²) in [6.45, 7) is 2.64. The van der Waals surface area contributed by atoms with E-state index in [1.807, 2.05) is 35.2 Å². The molecule has 1 aliphatic heterocycles. The Morgan fingerprint density at radius 1 is 0.636 bits per heavy atom. The summed E-state index contributed by atoms with van der Waals surface area (Å²) in [7, 11) is 0. The van der Waals surface area contributed by atoms with Crippen molar-refractivity contribution in [2.45, 2.75) is 6.04 Å². The predicted molar refractivity (Wildman–Crippen MR) is 131 cm³/mol. The first kappa shape index (κ1) is 21.9. The first-order chi connectivity index (χ1) is 16.0. The van der Waals surface area contributed by atoms with Crippen molar-refractivity contribution in [1.29, 1.82) is 0 Å². The molecule has 3 aromatic carbocycles. The fourth-order valence-corrected chi connectivity index (χ4v) is 5.15. The summed E-state index contributed by atoms with van der Waals surface area (Å²) < 4.78 is 0. The van der Waals surface area contributed by atoms with Crippen LogP contribution < -0.4 is 0 Å². The molecular formula is C27H22Cl2N2O2. The molecule has 166 valence electrons. The summed E-state index contributed by atoms with van der Waals surface area (Å²) in [4.78, 5) is 30.3. The van der Waals surface area contributed by atoms with Crippen LogP contribution >= 0.6 is 23.2 Å². The van der Waals surface area contributed by atoms with Gasteiger partial charge in [-0.05, 0) is 23.3 Å². The predicted octanol–water partition coefficient (Wildman–Crippen LogP) is 5.58. The second-order valence-corrected chi connectivity index (χ2v) is 9.07. The molecule has 0 spiro atoms. The Morgan fingerprint density at radius 2 is 1.18 bits per heavy atom. The third-order valence-electron chi connectivity index (χ3n) is 6.34. The van der Waals surface area contributed by atoms with Crippen molar-refractivity contribution in [2.75, 3.05) is 26.2 Å². The molecule has 1 atom stereocenters. The molecular weight excluding hydrogens is 455 g/mol. The maximum Gasteiger partial charge on any atom is 0.211 e. The van der Waals surface area contributed by atoms with E-state index in [4.69, 9.17) is 23.2 Å². The van der Waals surface area contributed by atoms with Crippen LogP contribution in [-0.4, -0.2) is 47.5 Å². The molecule has 4 nitrogen and oxygen atoms in total. The number of hydrogen-bond acceptors (Lipinski definition) is 4. The van der Waals surface area contributed by atoms with Crippen molar-refractivity contribution in [2.24, 2.45) is 0 Å². The van der Waals surface area contributed by atoms with Crippen LogP contribution in [0.5, 0.6) is 0 Å². The summed E-state index contributed by atoms with van der Waals surface area (Å²) >= 11 is 12.6. The SMILES string of the molecule is O=C1C(Cl)=C(N2CCN(C(c3ccccc3)c3ccc(Cl)cc3)CC2)C(=O)c2ccccc21. The molecule has 0 amide bonds. The maximum atomic E-state index is 13.2. The van der Waals surface area contributed by atoms with E-state index < -0.39 is 0 Å². The van der Waals surface area contributed by atoms with Gasteiger partial charge in [-0.25, -0.2) is 0 Å². The number of rotatable bonds is 4. The Labute approximate surface area is 203 Å². The highest BCUT2D eigenvalue weighted by atomic mass is 35.5. The van der Waals surface area contributed by atoms with E-state index in [-0.39, 0.29) is 22.6 Å². The highest BCUT2D eigenvalue weighted by molar-refractivity contribution is 6.49. The van der Waals surface area contributed by atoms with Gasteiger partial charge in [0.15, 0.2) is 0 Å². The van der Waals surface area contributed by atoms with E-state index in [1.165, 1.54) is 5.56 Å². The minimum atomic E-state index is -0.285. The number of allylic oxidation sites excluding steroid dienone is 2. The average Bonchev–Trinajstić information content (AvgIpc) is 2.86.